The topological polar surface area (TPSA) is 54.3 Å². The maximum atomic E-state index is 12.9. The summed E-state index contributed by atoms with van der Waals surface area (Å²) in [6.45, 7) is 3.72. The quantitative estimate of drug-likeness (QED) is 0.829. The highest BCUT2D eigenvalue weighted by Gasteiger charge is 2.39. The minimum atomic E-state index is 0.275. The predicted octanol–water partition coefficient (Wildman–Crippen LogP) is 1.76. The lowest BCUT2D eigenvalue weighted by atomic mass is 9.94. The Morgan fingerprint density at radius 2 is 1.85 bits per heavy atom. The van der Waals surface area contributed by atoms with Crippen LogP contribution in [-0.2, 0) is 24.2 Å². The van der Waals surface area contributed by atoms with E-state index in [1.807, 2.05) is 0 Å². The minimum Gasteiger partial charge on any atom is -0.338 e. The summed E-state index contributed by atoms with van der Waals surface area (Å²) in [5, 5.41) is 4.11. The molecule has 142 valence electrons. The average molecular weight is 365 g/mol. The second-order valence-electron chi connectivity index (χ2n) is 8.34. The molecule has 1 aromatic heterocycles. The van der Waals surface area contributed by atoms with Crippen LogP contribution < -0.4 is 0 Å². The van der Waals surface area contributed by atoms with Gasteiger partial charge < -0.3 is 4.90 Å². The maximum Gasteiger partial charge on any atom is 0.224 e. The Labute approximate surface area is 160 Å². The summed E-state index contributed by atoms with van der Waals surface area (Å²) in [5.41, 5.74) is 3.03. The first-order chi connectivity index (χ1) is 13.3. The van der Waals surface area contributed by atoms with E-state index in [4.69, 9.17) is 0 Å². The van der Waals surface area contributed by atoms with Gasteiger partial charge in [-0.25, -0.2) is 4.98 Å². The zero-order valence-electron chi connectivity index (χ0n) is 15.7. The van der Waals surface area contributed by atoms with Crippen molar-refractivity contribution in [1.29, 1.82) is 0 Å². The molecule has 27 heavy (non-hydrogen) atoms. The molecule has 2 atom stereocenters. The first kappa shape index (κ1) is 16.9. The van der Waals surface area contributed by atoms with Crippen molar-refractivity contribution in [2.75, 3.05) is 19.6 Å². The van der Waals surface area contributed by atoms with E-state index in [-0.39, 0.29) is 5.91 Å². The maximum absolute atomic E-state index is 12.9. The SMILES string of the molecule is O=C(CCn1cncn1)N1C[C@H]2CC[C@@H]1CN(C1Cc3ccccc3C1)C2. The molecule has 3 fully saturated rings. The van der Waals surface area contributed by atoms with Crippen LogP contribution in [0.1, 0.15) is 30.4 Å². The molecule has 4 heterocycles. The van der Waals surface area contributed by atoms with Gasteiger partial charge in [0.05, 0.1) is 6.54 Å². The van der Waals surface area contributed by atoms with E-state index in [0.717, 1.165) is 38.9 Å². The van der Waals surface area contributed by atoms with E-state index in [0.29, 0.717) is 31.0 Å². The van der Waals surface area contributed by atoms with E-state index < -0.39 is 0 Å². The standard InChI is InChI=1S/C21H27N5O/c27-21(7-8-25-15-22-14-23-25)26-12-16-5-6-19(26)13-24(11-16)20-9-17-3-1-2-4-18(17)10-20/h1-4,14-16,19-20H,5-13H2/t16-,19+/m0/s1. The summed E-state index contributed by atoms with van der Waals surface area (Å²) in [6, 6.07) is 9.85. The van der Waals surface area contributed by atoms with Crippen LogP contribution >= 0.6 is 0 Å². The Morgan fingerprint density at radius 1 is 1.04 bits per heavy atom. The lowest BCUT2D eigenvalue weighted by molar-refractivity contribution is -0.135. The van der Waals surface area contributed by atoms with Crippen LogP contribution in [0.2, 0.25) is 0 Å². The van der Waals surface area contributed by atoms with Gasteiger partial charge >= 0.3 is 0 Å². The number of fused-ring (bicyclic) bond motifs is 5. The Balaban J connectivity index is 1.24. The number of aromatic nitrogens is 3. The molecule has 6 nitrogen and oxygen atoms in total. The first-order valence-corrected chi connectivity index (χ1v) is 10.2. The number of amides is 1. The Kier molecular flexibility index (Phi) is 4.44. The molecule has 2 aromatic rings. The molecule has 0 unspecified atom stereocenters. The fraction of sp³-hybridized carbons (Fsp3) is 0.571. The average Bonchev–Trinajstić information content (AvgIpc) is 3.28. The molecule has 3 aliphatic heterocycles. The molecule has 6 heteroatoms. The summed E-state index contributed by atoms with van der Waals surface area (Å²) in [7, 11) is 0. The van der Waals surface area contributed by atoms with Crippen molar-refractivity contribution < 1.29 is 4.79 Å². The first-order valence-electron chi connectivity index (χ1n) is 10.2. The van der Waals surface area contributed by atoms with Gasteiger partial charge in [0.1, 0.15) is 12.7 Å². The molecule has 1 aromatic carbocycles. The number of carbonyl (C=O) groups excluding carboxylic acids is 1. The molecule has 3 saturated heterocycles. The van der Waals surface area contributed by atoms with Gasteiger partial charge in [0, 0.05) is 38.1 Å². The number of carbonyl (C=O) groups is 1. The van der Waals surface area contributed by atoms with E-state index in [1.54, 1.807) is 11.0 Å². The summed E-state index contributed by atoms with van der Waals surface area (Å²) in [4.78, 5) is 21.7. The van der Waals surface area contributed by atoms with Crippen LogP contribution in [0.4, 0.5) is 0 Å². The number of hydrogen-bond acceptors (Lipinski definition) is 4. The molecule has 6 rings (SSSR count). The second kappa shape index (κ2) is 7.08. The van der Waals surface area contributed by atoms with Gasteiger partial charge in [-0.05, 0) is 42.7 Å². The molecular weight excluding hydrogens is 338 g/mol. The summed E-state index contributed by atoms with van der Waals surface area (Å²) in [5.74, 6) is 0.888. The van der Waals surface area contributed by atoms with Crippen LogP contribution in [0.25, 0.3) is 0 Å². The Hall–Kier alpha value is -2.21. The normalized spacial score (nSPS) is 25.6. The van der Waals surface area contributed by atoms with Crippen molar-refractivity contribution in [2.24, 2.45) is 5.92 Å². The van der Waals surface area contributed by atoms with Gasteiger partial charge in [-0.2, -0.15) is 5.10 Å². The third-order valence-corrected chi connectivity index (χ3v) is 6.63. The number of hydrogen-bond donors (Lipinski definition) is 0. The molecule has 0 radical (unpaired) electrons. The summed E-state index contributed by atoms with van der Waals surface area (Å²) in [6.07, 6.45) is 8.45. The number of aryl methyl sites for hydroxylation is 1. The highest BCUT2D eigenvalue weighted by molar-refractivity contribution is 5.76. The number of rotatable bonds is 4. The van der Waals surface area contributed by atoms with E-state index in [1.165, 1.54) is 23.9 Å². The summed E-state index contributed by atoms with van der Waals surface area (Å²) < 4.78 is 1.75. The van der Waals surface area contributed by atoms with Gasteiger partial charge in [-0.15, -0.1) is 0 Å². The van der Waals surface area contributed by atoms with Crippen molar-refractivity contribution >= 4 is 5.91 Å². The van der Waals surface area contributed by atoms with Gasteiger partial charge in [0.2, 0.25) is 5.91 Å². The van der Waals surface area contributed by atoms with Crippen LogP contribution in [0.15, 0.2) is 36.9 Å². The zero-order chi connectivity index (χ0) is 18.2. The zero-order valence-corrected chi connectivity index (χ0v) is 15.7. The molecule has 1 aliphatic carbocycles. The minimum absolute atomic E-state index is 0.275. The van der Waals surface area contributed by atoms with Crippen LogP contribution in [0.5, 0.6) is 0 Å². The lowest BCUT2D eigenvalue weighted by Gasteiger charge is -2.36. The smallest absolute Gasteiger partial charge is 0.224 e. The van der Waals surface area contributed by atoms with Crippen molar-refractivity contribution in [3.05, 3.63) is 48.0 Å². The summed E-state index contributed by atoms with van der Waals surface area (Å²) >= 11 is 0. The molecule has 0 N–H and O–H groups in total. The van der Waals surface area contributed by atoms with E-state index in [9.17, 15) is 4.79 Å². The number of benzene rings is 1. The van der Waals surface area contributed by atoms with E-state index >= 15 is 0 Å². The monoisotopic (exact) mass is 365 g/mol. The van der Waals surface area contributed by atoms with Gasteiger partial charge in [0.15, 0.2) is 0 Å². The third-order valence-electron chi connectivity index (χ3n) is 6.63. The van der Waals surface area contributed by atoms with Gasteiger partial charge in [0.25, 0.3) is 0 Å². The second-order valence-corrected chi connectivity index (χ2v) is 8.34. The number of piperidine rings is 1. The highest BCUT2D eigenvalue weighted by atomic mass is 16.2. The fourth-order valence-corrected chi connectivity index (χ4v) is 5.22. The number of nitrogens with zero attached hydrogens (tertiary/aromatic N) is 5. The molecule has 0 spiro atoms. The van der Waals surface area contributed by atoms with Gasteiger partial charge in [-0.3, -0.25) is 14.4 Å². The van der Waals surface area contributed by atoms with Crippen molar-refractivity contribution in [2.45, 2.75) is 50.7 Å². The molecule has 1 amide bonds. The fourth-order valence-electron chi connectivity index (χ4n) is 5.22. The predicted molar refractivity (Wildman–Crippen MR) is 102 cm³/mol. The van der Waals surface area contributed by atoms with E-state index in [2.05, 4.69) is 44.1 Å². The van der Waals surface area contributed by atoms with Crippen molar-refractivity contribution in [3.8, 4) is 0 Å². The van der Waals surface area contributed by atoms with Gasteiger partial charge in [-0.1, -0.05) is 24.3 Å². The van der Waals surface area contributed by atoms with Crippen molar-refractivity contribution in [3.63, 3.8) is 0 Å². The van der Waals surface area contributed by atoms with Crippen molar-refractivity contribution in [1.82, 2.24) is 24.6 Å². The lowest BCUT2D eigenvalue weighted by Crippen LogP contribution is -2.48. The van der Waals surface area contributed by atoms with Crippen LogP contribution in [-0.4, -0.2) is 62.2 Å². The highest BCUT2D eigenvalue weighted by Crippen LogP contribution is 2.33. The Morgan fingerprint density at radius 3 is 2.59 bits per heavy atom. The molecule has 2 bridgehead atoms. The Bertz CT molecular complexity index is 780. The molecular formula is C21H27N5O. The van der Waals surface area contributed by atoms with Crippen LogP contribution in [0, 0.1) is 5.92 Å². The molecule has 4 aliphatic rings. The van der Waals surface area contributed by atoms with Crippen LogP contribution in [0.3, 0.4) is 0 Å². The molecule has 0 saturated carbocycles. The third kappa shape index (κ3) is 3.38. The largest absolute Gasteiger partial charge is 0.338 e.